The van der Waals surface area contributed by atoms with Crippen molar-refractivity contribution in [3.05, 3.63) is 29.8 Å². The van der Waals surface area contributed by atoms with E-state index in [-0.39, 0.29) is 0 Å². The van der Waals surface area contributed by atoms with Crippen molar-refractivity contribution >= 4 is 10.0 Å². The van der Waals surface area contributed by atoms with E-state index in [1.54, 1.807) is 0 Å². The summed E-state index contributed by atoms with van der Waals surface area (Å²) in [4.78, 5) is 0. The minimum Gasteiger partial charge on any atom is -0.490 e. The van der Waals surface area contributed by atoms with Crippen molar-refractivity contribution in [2.45, 2.75) is 44.8 Å². The fourth-order valence-electron chi connectivity index (χ4n) is 2.63. The third-order valence-electron chi connectivity index (χ3n) is 3.73. The van der Waals surface area contributed by atoms with Gasteiger partial charge in [0.15, 0.2) is 0 Å². The van der Waals surface area contributed by atoms with Crippen molar-refractivity contribution in [2.24, 2.45) is 0 Å². The summed E-state index contributed by atoms with van der Waals surface area (Å²) in [5.41, 5.74) is 1.19. The summed E-state index contributed by atoms with van der Waals surface area (Å²) in [6.45, 7) is 2.01. The summed E-state index contributed by atoms with van der Waals surface area (Å²) < 4.78 is 30.3. The first kappa shape index (κ1) is 17.2. The molecule has 0 atom stereocenters. The standard InChI is InChI=1S/C16H26N2O3S/c1-22(19,20)18-11-5-10-17-13-14-6-4-9-16(12-14)21-15-7-2-3-8-15/h4,6,9,12,15,17-18H,2-3,5,7-8,10-11,13H2,1H3. The first-order chi connectivity index (χ1) is 10.5. The molecule has 1 aliphatic carbocycles. The van der Waals surface area contributed by atoms with Gasteiger partial charge in [-0.15, -0.1) is 0 Å². The van der Waals surface area contributed by atoms with Crippen LogP contribution in [-0.2, 0) is 16.6 Å². The number of rotatable bonds is 9. The van der Waals surface area contributed by atoms with Crippen LogP contribution >= 0.6 is 0 Å². The molecule has 2 N–H and O–H groups in total. The van der Waals surface area contributed by atoms with Crippen molar-refractivity contribution < 1.29 is 13.2 Å². The van der Waals surface area contributed by atoms with Crippen LogP contribution in [0, 0.1) is 0 Å². The Morgan fingerprint density at radius 1 is 1.23 bits per heavy atom. The Balaban J connectivity index is 1.67. The summed E-state index contributed by atoms with van der Waals surface area (Å²) in [7, 11) is -3.08. The second kappa shape index (κ2) is 8.50. The van der Waals surface area contributed by atoms with E-state index in [4.69, 9.17) is 4.74 Å². The quantitative estimate of drug-likeness (QED) is 0.682. The van der Waals surface area contributed by atoms with Gasteiger partial charge in [0.25, 0.3) is 0 Å². The van der Waals surface area contributed by atoms with Crippen LogP contribution in [0.5, 0.6) is 5.75 Å². The molecule has 124 valence electrons. The lowest BCUT2D eigenvalue weighted by atomic mass is 10.2. The Bertz CT molecular complexity index is 554. The van der Waals surface area contributed by atoms with Crippen LogP contribution in [0.15, 0.2) is 24.3 Å². The molecule has 1 aromatic rings. The summed E-state index contributed by atoms with van der Waals surface area (Å²) in [6, 6.07) is 8.19. The van der Waals surface area contributed by atoms with Crippen LogP contribution in [0.2, 0.25) is 0 Å². The molecule has 0 saturated heterocycles. The topological polar surface area (TPSA) is 67.4 Å². The van der Waals surface area contributed by atoms with Crippen molar-refractivity contribution in [1.82, 2.24) is 10.0 Å². The van der Waals surface area contributed by atoms with E-state index in [1.807, 2.05) is 12.1 Å². The molecular formula is C16H26N2O3S. The predicted octanol–water partition coefficient (Wildman–Crippen LogP) is 2.04. The average molecular weight is 326 g/mol. The molecule has 6 heteroatoms. The van der Waals surface area contributed by atoms with E-state index in [0.29, 0.717) is 12.6 Å². The Morgan fingerprint density at radius 2 is 2.00 bits per heavy atom. The molecule has 5 nitrogen and oxygen atoms in total. The maximum Gasteiger partial charge on any atom is 0.208 e. The first-order valence-corrected chi connectivity index (χ1v) is 9.83. The third-order valence-corrected chi connectivity index (χ3v) is 4.46. The normalized spacial score (nSPS) is 16.0. The molecule has 0 unspecified atom stereocenters. The van der Waals surface area contributed by atoms with Crippen LogP contribution in [0.25, 0.3) is 0 Å². The van der Waals surface area contributed by atoms with Gasteiger partial charge >= 0.3 is 0 Å². The molecular weight excluding hydrogens is 300 g/mol. The summed E-state index contributed by atoms with van der Waals surface area (Å²) in [5.74, 6) is 0.949. The highest BCUT2D eigenvalue weighted by Gasteiger charge is 2.16. The Morgan fingerprint density at radius 3 is 2.73 bits per heavy atom. The Labute approximate surface area is 133 Å². The number of benzene rings is 1. The van der Waals surface area contributed by atoms with Crippen molar-refractivity contribution in [3.8, 4) is 5.75 Å². The van der Waals surface area contributed by atoms with E-state index >= 15 is 0 Å². The first-order valence-electron chi connectivity index (χ1n) is 7.94. The molecule has 1 aliphatic rings. The Kier molecular flexibility index (Phi) is 6.67. The highest BCUT2D eigenvalue weighted by Crippen LogP contribution is 2.24. The summed E-state index contributed by atoms with van der Waals surface area (Å²) in [6.07, 6.45) is 7.19. The van der Waals surface area contributed by atoms with E-state index in [0.717, 1.165) is 38.1 Å². The van der Waals surface area contributed by atoms with Crippen LogP contribution in [-0.4, -0.2) is 33.9 Å². The van der Waals surface area contributed by atoms with Crippen LogP contribution < -0.4 is 14.8 Å². The molecule has 0 aromatic heterocycles. The molecule has 22 heavy (non-hydrogen) atoms. The fraction of sp³-hybridized carbons (Fsp3) is 0.625. The van der Waals surface area contributed by atoms with Crippen molar-refractivity contribution in [3.63, 3.8) is 0 Å². The van der Waals surface area contributed by atoms with Gasteiger partial charge in [-0.3, -0.25) is 0 Å². The lowest BCUT2D eigenvalue weighted by Gasteiger charge is -2.14. The monoisotopic (exact) mass is 326 g/mol. The molecule has 0 amide bonds. The third kappa shape index (κ3) is 6.77. The zero-order chi connectivity index (χ0) is 15.8. The maximum atomic E-state index is 10.9. The van der Waals surface area contributed by atoms with E-state index in [1.165, 1.54) is 24.7 Å². The molecule has 0 bridgehead atoms. The zero-order valence-electron chi connectivity index (χ0n) is 13.2. The number of ether oxygens (including phenoxy) is 1. The molecule has 1 fully saturated rings. The van der Waals surface area contributed by atoms with Crippen LogP contribution in [0.1, 0.15) is 37.7 Å². The summed E-state index contributed by atoms with van der Waals surface area (Å²) >= 11 is 0. The maximum absolute atomic E-state index is 10.9. The van der Waals surface area contributed by atoms with Gasteiger partial charge in [-0.25, -0.2) is 13.1 Å². The molecule has 2 rings (SSSR count). The lowest BCUT2D eigenvalue weighted by Crippen LogP contribution is -2.26. The number of hydrogen-bond acceptors (Lipinski definition) is 4. The van der Waals surface area contributed by atoms with Crippen molar-refractivity contribution in [2.75, 3.05) is 19.3 Å². The molecule has 0 spiro atoms. The van der Waals surface area contributed by atoms with Gasteiger partial charge in [0.2, 0.25) is 10.0 Å². The molecule has 1 saturated carbocycles. The number of nitrogens with one attached hydrogen (secondary N) is 2. The van der Waals surface area contributed by atoms with E-state index in [2.05, 4.69) is 22.2 Å². The van der Waals surface area contributed by atoms with Crippen LogP contribution in [0.4, 0.5) is 0 Å². The lowest BCUT2D eigenvalue weighted by molar-refractivity contribution is 0.210. The van der Waals surface area contributed by atoms with E-state index < -0.39 is 10.0 Å². The Hall–Kier alpha value is -1.11. The zero-order valence-corrected chi connectivity index (χ0v) is 14.0. The van der Waals surface area contributed by atoms with Gasteiger partial charge in [0, 0.05) is 13.1 Å². The van der Waals surface area contributed by atoms with Gasteiger partial charge in [-0.2, -0.15) is 0 Å². The van der Waals surface area contributed by atoms with E-state index in [9.17, 15) is 8.42 Å². The highest BCUT2D eigenvalue weighted by atomic mass is 32.2. The van der Waals surface area contributed by atoms with Gasteiger partial charge in [0.05, 0.1) is 12.4 Å². The highest BCUT2D eigenvalue weighted by molar-refractivity contribution is 7.88. The minimum atomic E-state index is -3.08. The van der Waals surface area contributed by atoms with Crippen LogP contribution in [0.3, 0.4) is 0 Å². The molecule has 1 aromatic carbocycles. The second-order valence-electron chi connectivity index (χ2n) is 5.87. The van der Waals surface area contributed by atoms with Gasteiger partial charge in [-0.1, -0.05) is 12.1 Å². The largest absolute Gasteiger partial charge is 0.490 e. The van der Waals surface area contributed by atoms with Gasteiger partial charge < -0.3 is 10.1 Å². The van der Waals surface area contributed by atoms with Gasteiger partial charge in [-0.05, 0) is 56.3 Å². The van der Waals surface area contributed by atoms with Gasteiger partial charge in [0.1, 0.15) is 5.75 Å². The SMILES string of the molecule is CS(=O)(=O)NCCCNCc1cccc(OC2CCCC2)c1. The molecule has 0 heterocycles. The molecule has 0 radical (unpaired) electrons. The average Bonchev–Trinajstić information content (AvgIpc) is 2.95. The smallest absolute Gasteiger partial charge is 0.208 e. The number of hydrogen-bond donors (Lipinski definition) is 2. The van der Waals surface area contributed by atoms with Crippen molar-refractivity contribution in [1.29, 1.82) is 0 Å². The number of sulfonamides is 1. The fourth-order valence-corrected chi connectivity index (χ4v) is 3.15. The predicted molar refractivity (Wildman–Crippen MR) is 88.5 cm³/mol. The second-order valence-corrected chi connectivity index (χ2v) is 7.70. The summed E-state index contributed by atoms with van der Waals surface area (Å²) in [5, 5.41) is 3.32. The molecule has 0 aliphatic heterocycles. The minimum absolute atomic E-state index is 0.380.